The van der Waals surface area contributed by atoms with Crippen molar-refractivity contribution in [1.29, 1.82) is 0 Å². The van der Waals surface area contributed by atoms with Gasteiger partial charge in [0.15, 0.2) is 11.5 Å². The van der Waals surface area contributed by atoms with Gasteiger partial charge in [0.1, 0.15) is 0 Å². The van der Waals surface area contributed by atoms with Crippen LogP contribution in [0.4, 0.5) is 85.3 Å². The zero-order valence-corrected chi connectivity index (χ0v) is 80.6. The summed E-state index contributed by atoms with van der Waals surface area (Å²) < 4.78 is 8.33. The van der Waals surface area contributed by atoms with Crippen molar-refractivity contribution in [3.63, 3.8) is 0 Å². The first kappa shape index (κ1) is 83.7. The fourth-order valence-corrected chi connectivity index (χ4v) is 23.8. The number of rotatable bonds is 12. The second-order valence-corrected chi connectivity index (χ2v) is 43.2. The Hall–Kier alpha value is -15.8. The lowest BCUT2D eigenvalue weighted by atomic mass is 9.27. The van der Waals surface area contributed by atoms with Gasteiger partial charge in [0.25, 0.3) is 20.1 Å². The van der Waals surface area contributed by atoms with Gasteiger partial charge in [-0.15, -0.1) is 0 Å². The van der Waals surface area contributed by atoms with E-state index in [0.29, 0.717) is 0 Å². The highest BCUT2D eigenvalue weighted by Gasteiger charge is 2.57. The molecule has 0 atom stereocenters. The minimum atomic E-state index is -0.393. The van der Waals surface area contributed by atoms with Crippen LogP contribution in [0, 0.1) is 0 Å². The number of benzene rings is 19. The first-order chi connectivity index (χ1) is 67.5. The summed E-state index contributed by atoms with van der Waals surface area (Å²) in [5, 5.41) is 0. The third-order valence-corrected chi connectivity index (χ3v) is 30.4. The molecule has 7 aliphatic heterocycles. The third-order valence-electron chi connectivity index (χ3n) is 30.4. The topological polar surface area (TPSA) is 25.4 Å². The Kier molecular flexibility index (Phi) is 18.9. The number of fused-ring (bicyclic) bond motifs is 10. The summed E-state index contributed by atoms with van der Waals surface area (Å²) in [5.41, 5.74) is 49.7. The second kappa shape index (κ2) is 31.4. The van der Waals surface area contributed by atoms with Crippen LogP contribution in [0.2, 0.25) is 0 Å². The molecule has 0 saturated heterocycles. The van der Waals surface area contributed by atoms with Crippen LogP contribution in [-0.4, -0.2) is 20.1 Å². The summed E-state index contributed by atoms with van der Waals surface area (Å²) in [4.78, 5) is 13.6. The molecule has 0 bridgehead atoms. The molecule has 19 aromatic carbocycles. The van der Waals surface area contributed by atoms with Gasteiger partial charge in [0.2, 0.25) is 0 Å². The van der Waals surface area contributed by atoms with E-state index in [1.165, 1.54) is 71.5 Å². The molecule has 9 heteroatoms. The molecule has 664 valence electrons. The molecule has 7 aliphatic rings. The Morgan fingerprint density at radius 3 is 0.705 bits per heavy atom. The van der Waals surface area contributed by atoms with E-state index in [2.05, 4.69) is 520 Å². The molecule has 6 nitrogen and oxygen atoms in total. The first-order valence-corrected chi connectivity index (χ1v) is 49.3. The number of nitrogens with zero attached hydrogens (tertiary/aromatic N) is 5. The molecule has 139 heavy (non-hydrogen) atoms. The van der Waals surface area contributed by atoms with E-state index >= 15 is 0 Å². The van der Waals surface area contributed by atoms with Gasteiger partial charge in [-0.1, -0.05) is 386 Å². The lowest BCUT2D eigenvalue weighted by Crippen LogP contribution is -2.70. The van der Waals surface area contributed by atoms with E-state index in [9.17, 15) is 0 Å². The Morgan fingerprint density at radius 2 is 0.424 bits per heavy atom. The third kappa shape index (κ3) is 13.5. The van der Waals surface area contributed by atoms with Crippen molar-refractivity contribution in [3.05, 3.63) is 435 Å². The van der Waals surface area contributed by atoms with E-state index in [-0.39, 0.29) is 35.1 Å². The zero-order chi connectivity index (χ0) is 94.0. The molecule has 26 rings (SSSR count). The van der Waals surface area contributed by atoms with Crippen molar-refractivity contribution in [1.82, 2.24) is 0 Å². The average molecular weight is 1780 g/mol. The summed E-state index contributed by atoms with van der Waals surface area (Å²) >= 11 is 0. The number of ether oxygens (including phenoxy) is 1. The van der Waals surface area contributed by atoms with Gasteiger partial charge in [-0.05, 0) is 280 Å². The fourth-order valence-electron chi connectivity index (χ4n) is 23.8. The highest BCUT2D eigenvalue weighted by Crippen LogP contribution is 2.62. The number of hydrogen-bond donors (Lipinski definition) is 0. The highest BCUT2D eigenvalue weighted by molar-refractivity contribution is 7.06. The predicted octanol–water partition coefficient (Wildman–Crippen LogP) is 29.1. The lowest BCUT2D eigenvalue weighted by Gasteiger charge is -2.53. The molecule has 0 aromatic heterocycles. The van der Waals surface area contributed by atoms with Crippen LogP contribution in [-0.2, 0) is 21.7 Å². The molecule has 7 heterocycles. The fraction of sp³-hybridized carbons (Fsp3) is 0.123. The zero-order valence-electron chi connectivity index (χ0n) is 80.6. The van der Waals surface area contributed by atoms with Crippen molar-refractivity contribution < 1.29 is 4.74 Å². The average Bonchev–Trinajstić information content (AvgIpc) is 0.659. The molecule has 0 fully saturated rings. The van der Waals surface area contributed by atoms with Crippen LogP contribution in [0.25, 0.3) is 89.0 Å². The van der Waals surface area contributed by atoms with Crippen molar-refractivity contribution in [2.45, 2.75) is 105 Å². The molecule has 0 amide bonds. The second-order valence-electron chi connectivity index (χ2n) is 43.2. The van der Waals surface area contributed by atoms with Crippen LogP contribution >= 0.6 is 0 Å². The van der Waals surface area contributed by atoms with E-state index in [4.69, 9.17) is 4.74 Å². The summed E-state index contributed by atoms with van der Waals surface area (Å²) in [5.74, 6) is 1.84. The SMILES string of the molecule is CC(C)(C)c1ccc2c(c1)N(c1cc(-c3ccccc3)cc(-c3ccccc3)c1)c1cccc3c1B2c1cc2c(cc1N3c1cc(-c3ccccc3)cc(-c3ccccc3)c1)N(c1cc(-c3ccccc3)cc(-c3ccccc3)c1)c1cc3c4c5c1B2c1ccc(C(C)(C)C)c2c1N5c1c(ccc(C(C)(C)C)c1O2)B4c1ccc(C(C)(C)C)cc1N3c1cc(-c2ccccc2)cc(-c2ccccc2)c1. The Balaban J connectivity index is 0.841. The maximum Gasteiger partial charge on any atom is 0.252 e. The standard InChI is InChI=1S/C130H104B3N5O/c1-127(2,3)97-57-61-106-113(76-97)134(99-68-89(81-38-21-13-22-39-81)64-90(69-99)82-40-23-14-24-41-82)111-54-37-55-112-119(111)132(106)109-78-110-116(79-115(109)135(112)100-70-91(83-42-25-15-26-43-83)65-92(71-100)84-44-27-16-28-45-84)137(102-74-95(87-50-33-19-34-51-87)67-96(75-102)88-52-35-20-36-53-88)118-80-117-120-124-121(118)133(110)108-63-59-104(130(10,11)12)126-123(108)138(124)122-107(62-58-103(125(122)139-126)129(7,8)9)131(120)105-60-56-98(128(4,5)6)77-114(105)136(117)101-72-93(85-46-29-17-30-47-85)66-94(73-101)86-48-31-18-32-49-86/h13-80H,1-12H3. The molecule has 0 spiro atoms. The lowest BCUT2D eigenvalue weighted by molar-refractivity contribution is 0.433. The van der Waals surface area contributed by atoms with Gasteiger partial charge < -0.3 is 29.2 Å². The van der Waals surface area contributed by atoms with Gasteiger partial charge in [-0.25, -0.2) is 0 Å². The Morgan fingerprint density at radius 1 is 0.173 bits per heavy atom. The monoisotopic (exact) mass is 1780 g/mol. The molecule has 0 unspecified atom stereocenters. The smallest absolute Gasteiger partial charge is 0.252 e. The van der Waals surface area contributed by atoms with E-state index < -0.39 is 6.71 Å². The molecule has 0 radical (unpaired) electrons. The first-order valence-electron chi connectivity index (χ1n) is 49.3. The summed E-state index contributed by atoms with van der Waals surface area (Å²) in [6.45, 7) is 27.5. The maximum atomic E-state index is 8.33. The molecule has 0 saturated carbocycles. The van der Waals surface area contributed by atoms with Gasteiger partial charge in [0.05, 0.1) is 11.4 Å². The van der Waals surface area contributed by atoms with Crippen LogP contribution in [0.1, 0.15) is 105 Å². The van der Waals surface area contributed by atoms with Crippen molar-refractivity contribution in [2.24, 2.45) is 0 Å². The largest absolute Gasteiger partial charge is 0.452 e. The van der Waals surface area contributed by atoms with Crippen LogP contribution in [0.3, 0.4) is 0 Å². The highest BCUT2D eigenvalue weighted by atomic mass is 16.5. The van der Waals surface area contributed by atoms with Gasteiger partial charge in [-0.2, -0.15) is 0 Å². The maximum absolute atomic E-state index is 8.33. The minimum absolute atomic E-state index is 0.223. The van der Waals surface area contributed by atoms with Crippen LogP contribution in [0.5, 0.6) is 11.5 Å². The van der Waals surface area contributed by atoms with Gasteiger partial charge >= 0.3 is 0 Å². The molecular formula is C130H104B3N5O. The Labute approximate surface area is 818 Å². The van der Waals surface area contributed by atoms with E-state index in [0.717, 1.165) is 186 Å². The predicted molar refractivity (Wildman–Crippen MR) is 592 cm³/mol. The summed E-state index contributed by atoms with van der Waals surface area (Å²) in [6.07, 6.45) is 0. The van der Waals surface area contributed by atoms with Gasteiger partial charge in [0, 0.05) is 85.1 Å². The van der Waals surface area contributed by atoms with Crippen molar-refractivity contribution in [3.8, 4) is 101 Å². The normalized spacial score (nSPS) is 13.7. The minimum Gasteiger partial charge on any atom is -0.452 e. The molecule has 19 aromatic rings. The van der Waals surface area contributed by atoms with Crippen molar-refractivity contribution in [2.75, 3.05) is 24.5 Å². The Bertz CT molecular complexity index is 8040. The van der Waals surface area contributed by atoms with Crippen LogP contribution in [0.15, 0.2) is 413 Å². The molecule has 0 N–H and O–H groups in total. The summed E-state index contributed by atoms with van der Waals surface area (Å²) in [7, 11) is 0. The van der Waals surface area contributed by atoms with E-state index in [1.807, 2.05) is 0 Å². The van der Waals surface area contributed by atoms with Crippen LogP contribution < -0.4 is 78.4 Å². The summed E-state index contributed by atoms with van der Waals surface area (Å²) in [6, 6.07) is 158. The number of anilines is 15. The molecule has 0 aliphatic carbocycles. The quantitative estimate of drug-likeness (QED) is 0.113. The van der Waals surface area contributed by atoms with Crippen molar-refractivity contribution >= 4 is 155 Å². The number of hydrogen-bond acceptors (Lipinski definition) is 6. The van der Waals surface area contributed by atoms with E-state index in [1.54, 1.807) is 0 Å². The van der Waals surface area contributed by atoms with Gasteiger partial charge in [-0.3, -0.25) is 0 Å². The molecular weight excluding hydrogens is 1680 g/mol.